The molecule has 8 heteroatoms. The van der Waals surface area contributed by atoms with E-state index >= 15 is 0 Å². The lowest BCUT2D eigenvalue weighted by atomic mass is 10.2. The first-order chi connectivity index (χ1) is 15.1. The summed E-state index contributed by atoms with van der Waals surface area (Å²) >= 11 is 6.05. The molecular formula is C24H25ClN2O4S. The third-order valence-corrected chi connectivity index (χ3v) is 7.00. The second kappa shape index (κ2) is 9.63. The molecule has 0 aliphatic carbocycles. The van der Waals surface area contributed by atoms with Gasteiger partial charge < -0.3 is 10.1 Å². The molecule has 6 nitrogen and oxygen atoms in total. The van der Waals surface area contributed by atoms with Crippen LogP contribution in [0.15, 0.2) is 65.6 Å². The molecule has 0 unspecified atom stereocenters. The van der Waals surface area contributed by atoms with Gasteiger partial charge in [0.2, 0.25) is 5.91 Å². The Bertz CT molecular complexity index is 1240. The fraction of sp³-hybridized carbons (Fsp3) is 0.208. The first-order valence-electron chi connectivity index (χ1n) is 9.92. The van der Waals surface area contributed by atoms with Gasteiger partial charge in [-0.25, -0.2) is 8.42 Å². The molecule has 32 heavy (non-hydrogen) atoms. The molecule has 3 rings (SSSR count). The zero-order valence-corrected chi connectivity index (χ0v) is 19.9. The summed E-state index contributed by atoms with van der Waals surface area (Å²) in [7, 11) is -2.71. The van der Waals surface area contributed by atoms with Gasteiger partial charge in [0.15, 0.2) is 0 Å². The van der Waals surface area contributed by atoms with Gasteiger partial charge in [-0.05, 0) is 68.3 Å². The minimum Gasteiger partial charge on any atom is -0.495 e. The van der Waals surface area contributed by atoms with Crippen LogP contribution in [0.4, 0.5) is 11.4 Å². The van der Waals surface area contributed by atoms with Gasteiger partial charge in [0.05, 0.1) is 12.8 Å². The summed E-state index contributed by atoms with van der Waals surface area (Å²) in [5, 5.41) is 3.24. The highest BCUT2D eigenvalue weighted by atomic mass is 35.5. The number of carbonyl (C=O) groups is 1. The van der Waals surface area contributed by atoms with Crippen LogP contribution >= 0.6 is 11.6 Å². The summed E-state index contributed by atoms with van der Waals surface area (Å²) in [6, 6.07) is 17.0. The predicted octanol–water partition coefficient (Wildman–Crippen LogP) is 5.11. The Hall–Kier alpha value is -3.03. The highest BCUT2D eigenvalue weighted by molar-refractivity contribution is 7.93. The molecule has 0 bridgehead atoms. The van der Waals surface area contributed by atoms with Crippen molar-refractivity contribution in [3.8, 4) is 5.75 Å². The van der Waals surface area contributed by atoms with E-state index in [0.717, 1.165) is 21.0 Å². The van der Waals surface area contributed by atoms with E-state index in [-0.39, 0.29) is 10.6 Å². The van der Waals surface area contributed by atoms with Gasteiger partial charge in [-0.1, -0.05) is 41.4 Å². The van der Waals surface area contributed by atoms with E-state index in [9.17, 15) is 13.2 Å². The number of ether oxygens (including phenoxy) is 1. The molecule has 0 aliphatic rings. The molecule has 3 aromatic rings. The van der Waals surface area contributed by atoms with E-state index in [0.29, 0.717) is 16.4 Å². The van der Waals surface area contributed by atoms with Crippen LogP contribution in [0.2, 0.25) is 5.02 Å². The molecule has 0 radical (unpaired) electrons. The van der Waals surface area contributed by atoms with Crippen LogP contribution in [0.1, 0.15) is 16.7 Å². The van der Waals surface area contributed by atoms with Crippen molar-refractivity contribution in [1.82, 2.24) is 0 Å². The number of aryl methyl sites for hydroxylation is 3. The van der Waals surface area contributed by atoms with Crippen LogP contribution in [0.25, 0.3) is 0 Å². The Morgan fingerprint density at radius 2 is 1.62 bits per heavy atom. The van der Waals surface area contributed by atoms with Gasteiger partial charge in [-0.15, -0.1) is 0 Å². The molecule has 1 N–H and O–H groups in total. The lowest BCUT2D eigenvalue weighted by molar-refractivity contribution is -0.114. The van der Waals surface area contributed by atoms with Crippen molar-refractivity contribution in [2.24, 2.45) is 0 Å². The molecule has 3 aromatic carbocycles. The van der Waals surface area contributed by atoms with E-state index in [1.807, 2.05) is 13.8 Å². The SMILES string of the molecule is COc1ccc(C)cc1S(=O)(=O)N(CC(=O)Nc1cc(Cl)ccc1C)c1ccc(C)cc1. The summed E-state index contributed by atoms with van der Waals surface area (Å²) in [5.74, 6) is -0.287. The lowest BCUT2D eigenvalue weighted by Gasteiger charge is -2.25. The maximum absolute atomic E-state index is 13.7. The summed E-state index contributed by atoms with van der Waals surface area (Å²) in [6.45, 7) is 5.11. The topological polar surface area (TPSA) is 75.7 Å². The fourth-order valence-electron chi connectivity index (χ4n) is 3.18. The average molecular weight is 473 g/mol. The molecule has 0 saturated carbocycles. The van der Waals surface area contributed by atoms with Gasteiger partial charge in [-0.3, -0.25) is 9.10 Å². The molecule has 0 spiro atoms. The van der Waals surface area contributed by atoms with Crippen molar-refractivity contribution in [1.29, 1.82) is 0 Å². The molecular weight excluding hydrogens is 448 g/mol. The molecule has 0 fully saturated rings. The Kier molecular flexibility index (Phi) is 7.11. The third kappa shape index (κ3) is 5.23. The van der Waals surface area contributed by atoms with Crippen LogP contribution in [-0.4, -0.2) is 28.0 Å². The number of halogens is 1. The van der Waals surface area contributed by atoms with Crippen molar-refractivity contribution in [3.05, 3.63) is 82.4 Å². The van der Waals surface area contributed by atoms with E-state index in [2.05, 4.69) is 5.32 Å². The highest BCUT2D eigenvalue weighted by Gasteiger charge is 2.30. The number of rotatable bonds is 7. The minimum absolute atomic E-state index is 0.00712. The number of methoxy groups -OCH3 is 1. The highest BCUT2D eigenvalue weighted by Crippen LogP contribution is 2.31. The minimum atomic E-state index is -4.12. The number of anilines is 2. The smallest absolute Gasteiger partial charge is 0.268 e. The second-order valence-corrected chi connectivity index (χ2v) is 9.78. The monoisotopic (exact) mass is 472 g/mol. The van der Waals surface area contributed by atoms with Crippen LogP contribution < -0.4 is 14.4 Å². The standard InChI is InChI=1S/C24H25ClN2O4S/c1-16-5-10-20(11-6-16)27(15-24(28)26-21-14-19(25)9-8-18(21)3)32(29,30)23-13-17(2)7-12-22(23)31-4/h5-14H,15H2,1-4H3,(H,26,28). The fourth-order valence-corrected chi connectivity index (χ4v) is 5.02. The van der Waals surface area contributed by atoms with E-state index in [1.54, 1.807) is 61.5 Å². The molecule has 0 aromatic heterocycles. The van der Waals surface area contributed by atoms with E-state index in [4.69, 9.17) is 16.3 Å². The van der Waals surface area contributed by atoms with Gasteiger partial charge in [0.25, 0.3) is 10.0 Å². The second-order valence-electron chi connectivity index (χ2n) is 7.51. The van der Waals surface area contributed by atoms with E-state index < -0.39 is 22.5 Å². The first kappa shape index (κ1) is 23.6. The number of sulfonamides is 1. The zero-order chi connectivity index (χ0) is 23.5. The van der Waals surface area contributed by atoms with Crippen LogP contribution in [0, 0.1) is 20.8 Å². The van der Waals surface area contributed by atoms with Crippen LogP contribution in [0.3, 0.4) is 0 Å². The third-order valence-electron chi connectivity index (χ3n) is 4.97. The maximum Gasteiger partial charge on any atom is 0.268 e. The van der Waals surface area contributed by atoms with Crippen molar-refractivity contribution in [2.75, 3.05) is 23.3 Å². The summed E-state index contributed by atoms with van der Waals surface area (Å²) in [4.78, 5) is 12.9. The predicted molar refractivity (Wildman–Crippen MR) is 128 cm³/mol. The van der Waals surface area contributed by atoms with Crippen LogP contribution in [-0.2, 0) is 14.8 Å². The number of hydrogen-bond donors (Lipinski definition) is 1. The summed E-state index contributed by atoms with van der Waals surface area (Å²) in [6.07, 6.45) is 0. The number of hydrogen-bond acceptors (Lipinski definition) is 4. The van der Waals surface area contributed by atoms with Crippen molar-refractivity contribution < 1.29 is 17.9 Å². The van der Waals surface area contributed by atoms with Gasteiger partial charge in [0.1, 0.15) is 17.2 Å². The number of nitrogens with zero attached hydrogens (tertiary/aromatic N) is 1. The van der Waals surface area contributed by atoms with Crippen molar-refractivity contribution >= 4 is 38.9 Å². The van der Waals surface area contributed by atoms with Crippen molar-refractivity contribution in [3.63, 3.8) is 0 Å². The average Bonchev–Trinajstić information content (AvgIpc) is 2.75. The normalized spacial score (nSPS) is 11.2. The Labute approximate surface area is 193 Å². The summed E-state index contributed by atoms with van der Waals surface area (Å²) in [5.41, 5.74) is 3.44. The van der Waals surface area contributed by atoms with Crippen LogP contribution in [0.5, 0.6) is 5.75 Å². The molecule has 168 valence electrons. The Balaban J connectivity index is 2.03. The zero-order valence-electron chi connectivity index (χ0n) is 18.3. The molecule has 1 amide bonds. The molecule has 0 saturated heterocycles. The first-order valence-corrected chi connectivity index (χ1v) is 11.7. The van der Waals surface area contributed by atoms with Crippen molar-refractivity contribution in [2.45, 2.75) is 25.7 Å². The number of carbonyl (C=O) groups excluding carboxylic acids is 1. The maximum atomic E-state index is 13.7. The molecule has 0 aliphatic heterocycles. The van der Waals surface area contributed by atoms with E-state index in [1.165, 1.54) is 13.2 Å². The lowest BCUT2D eigenvalue weighted by Crippen LogP contribution is -2.38. The molecule has 0 heterocycles. The quantitative estimate of drug-likeness (QED) is 0.518. The molecule has 0 atom stereocenters. The Morgan fingerprint density at radius 3 is 2.28 bits per heavy atom. The Morgan fingerprint density at radius 1 is 0.969 bits per heavy atom. The van der Waals surface area contributed by atoms with Gasteiger partial charge in [0, 0.05) is 10.7 Å². The largest absolute Gasteiger partial charge is 0.495 e. The number of amides is 1. The number of benzene rings is 3. The summed E-state index contributed by atoms with van der Waals surface area (Å²) < 4.78 is 33.8. The number of nitrogens with one attached hydrogen (secondary N) is 1. The van der Waals surface area contributed by atoms with Gasteiger partial charge >= 0.3 is 0 Å². The van der Waals surface area contributed by atoms with Gasteiger partial charge in [-0.2, -0.15) is 0 Å².